The number of ether oxygens (including phenoxy) is 3. The van der Waals surface area contributed by atoms with Crippen LogP contribution in [-0.2, 0) is 4.74 Å². The molecule has 2 unspecified atom stereocenters. The summed E-state index contributed by atoms with van der Waals surface area (Å²) >= 11 is 0. The molecule has 100 valence electrons. The van der Waals surface area contributed by atoms with Crippen molar-refractivity contribution in [3.8, 4) is 11.5 Å². The Bertz CT molecular complexity index is 398. The molecule has 2 atom stereocenters. The van der Waals surface area contributed by atoms with Gasteiger partial charge in [-0.1, -0.05) is 0 Å². The maximum absolute atomic E-state index is 5.98. The van der Waals surface area contributed by atoms with Gasteiger partial charge in [0.05, 0.1) is 25.0 Å². The molecule has 4 heteroatoms. The number of anilines is 1. The van der Waals surface area contributed by atoms with Crippen LogP contribution in [0, 0.1) is 0 Å². The second-order valence-electron chi connectivity index (χ2n) is 4.87. The van der Waals surface area contributed by atoms with Gasteiger partial charge in [-0.2, -0.15) is 0 Å². The van der Waals surface area contributed by atoms with E-state index < -0.39 is 0 Å². The smallest absolute Gasteiger partial charge is 0.146 e. The summed E-state index contributed by atoms with van der Waals surface area (Å²) in [7, 11) is 1.63. The number of nitrogens with two attached hydrogens (primary N) is 1. The van der Waals surface area contributed by atoms with Crippen molar-refractivity contribution in [2.45, 2.75) is 45.0 Å². The van der Waals surface area contributed by atoms with Crippen LogP contribution in [0.2, 0.25) is 0 Å². The second-order valence-corrected chi connectivity index (χ2v) is 4.87. The van der Waals surface area contributed by atoms with Crippen LogP contribution in [0.5, 0.6) is 11.5 Å². The molecule has 0 aromatic heterocycles. The Hall–Kier alpha value is -1.42. The predicted octanol–water partition coefficient (Wildman–Crippen LogP) is 2.61. The van der Waals surface area contributed by atoms with E-state index in [1.807, 2.05) is 12.1 Å². The molecule has 1 aliphatic heterocycles. The second kappa shape index (κ2) is 5.48. The van der Waals surface area contributed by atoms with E-state index in [0.29, 0.717) is 11.4 Å². The fourth-order valence-electron chi connectivity index (χ4n) is 2.36. The molecule has 1 saturated heterocycles. The highest BCUT2D eigenvalue weighted by molar-refractivity contribution is 5.55. The SMILES string of the molecule is COc1ccc(N)c(OC2CC(C)OC(C)C2)c1. The molecule has 0 aliphatic carbocycles. The molecule has 0 amide bonds. The first-order chi connectivity index (χ1) is 8.58. The molecule has 18 heavy (non-hydrogen) atoms. The fourth-order valence-corrected chi connectivity index (χ4v) is 2.36. The third-order valence-corrected chi connectivity index (χ3v) is 3.17. The Morgan fingerprint density at radius 2 is 1.89 bits per heavy atom. The maximum Gasteiger partial charge on any atom is 0.146 e. The van der Waals surface area contributed by atoms with Crippen LogP contribution in [0.1, 0.15) is 26.7 Å². The highest BCUT2D eigenvalue weighted by Gasteiger charge is 2.26. The molecule has 1 fully saturated rings. The minimum Gasteiger partial charge on any atom is -0.497 e. The summed E-state index contributed by atoms with van der Waals surface area (Å²) in [5.41, 5.74) is 6.56. The Balaban J connectivity index is 2.08. The molecule has 1 aliphatic rings. The van der Waals surface area contributed by atoms with Crippen LogP contribution in [0.3, 0.4) is 0 Å². The van der Waals surface area contributed by atoms with Gasteiger partial charge in [0, 0.05) is 18.9 Å². The normalized spacial score (nSPS) is 27.8. The van der Waals surface area contributed by atoms with Gasteiger partial charge in [-0.3, -0.25) is 0 Å². The van der Waals surface area contributed by atoms with Crippen molar-refractivity contribution in [1.82, 2.24) is 0 Å². The summed E-state index contributed by atoms with van der Waals surface area (Å²) in [4.78, 5) is 0. The van der Waals surface area contributed by atoms with Crippen molar-refractivity contribution >= 4 is 5.69 Å². The Morgan fingerprint density at radius 1 is 1.22 bits per heavy atom. The molecule has 1 aromatic carbocycles. The van der Waals surface area contributed by atoms with E-state index in [4.69, 9.17) is 19.9 Å². The highest BCUT2D eigenvalue weighted by atomic mass is 16.5. The van der Waals surface area contributed by atoms with Crippen molar-refractivity contribution in [1.29, 1.82) is 0 Å². The molecular formula is C14H21NO3. The quantitative estimate of drug-likeness (QED) is 0.839. The summed E-state index contributed by atoms with van der Waals surface area (Å²) in [6.45, 7) is 4.14. The first-order valence-corrected chi connectivity index (χ1v) is 6.34. The lowest BCUT2D eigenvalue weighted by Crippen LogP contribution is -2.35. The number of methoxy groups -OCH3 is 1. The first-order valence-electron chi connectivity index (χ1n) is 6.34. The van der Waals surface area contributed by atoms with Crippen LogP contribution in [0.25, 0.3) is 0 Å². The topological polar surface area (TPSA) is 53.7 Å². The fraction of sp³-hybridized carbons (Fsp3) is 0.571. The zero-order chi connectivity index (χ0) is 13.1. The average Bonchev–Trinajstić information content (AvgIpc) is 2.30. The van der Waals surface area contributed by atoms with Crippen molar-refractivity contribution < 1.29 is 14.2 Å². The maximum atomic E-state index is 5.98. The average molecular weight is 251 g/mol. The number of hydrogen-bond donors (Lipinski definition) is 1. The molecule has 0 spiro atoms. The van der Waals surface area contributed by atoms with Gasteiger partial charge < -0.3 is 19.9 Å². The molecular weight excluding hydrogens is 230 g/mol. The van der Waals surface area contributed by atoms with Crippen molar-refractivity contribution in [2.75, 3.05) is 12.8 Å². The molecule has 0 saturated carbocycles. The molecule has 1 aromatic rings. The van der Waals surface area contributed by atoms with E-state index >= 15 is 0 Å². The Morgan fingerprint density at radius 3 is 2.50 bits per heavy atom. The van der Waals surface area contributed by atoms with Gasteiger partial charge in [-0.25, -0.2) is 0 Å². The Labute approximate surface area is 108 Å². The summed E-state index contributed by atoms with van der Waals surface area (Å²) in [5, 5.41) is 0. The van der Waals surface area contributed by atoms with Crippen LogP contribution >= 0.6 is 0 Å². The molecule has 4 nitrogen and oxygen atoms in total. The third kappa shape index (κ3) is 3.07. The number of nitrogen functional groups attached to an aromatic ring is 1. The lowest BCUT2D eigenvalue weighted by atomic mass is 10.0. The van der Waals surface area contributed by atoms with Crippen LogP contribution < -0.4 is 15.2 Å². The van der Waals surface area contributed by atoms with E-state index in [9.17, 15) is 0 Å². The van der Waals surface area contributed by atoms with E-state index in [1.165, 1.54) is 0 Å². The zero-order valence-corrected chi connectivity index (χ0v) is 11.2. The number of benzene rings is 1. The van der Waals surface area contributed by atoms with Crippen LogP contribution in [-0.4, -0.2) is 25.4 Å². The lowest BCUT2D eigenvalue weighted by molar-refractivity contribution is -0.0720. The molecule has 0 bridgehead atoms. The first kappa shape index (κ1) is 13.0. The number of hydrogen-bond acceptors (Lipinski definition) is 4. The van der Waals surface area contributed by atoms with Crippen molar-refractivity contribution in [2.24, 2.45) is 0 Å². The predicted molar refractivity (Wildman–Crippen MR) is 71.1 cm³/mol. The summed E-state index contributed by atoms with van der Waals surface area (Å²) in [6, 6.07) is 5.47. The van der Waals surface area contributed by atoms with Gasteiger partial charge in [-0.15, -0.1) is 0 Å². The lowest BCUT2D eigenvalue weighted by Gasteiger charge is -2.32. The monoisotopic (exact) mass is 251 g/mol. The molecule has 2 N–H and O–H groups in total. The highest BCUT2D eigenvalue weighted by Crippen LogP contribution is 2.30. The van der Waals surface area contributed by atoms with Crippen LogP contribution in [0.4, 0.5) is 5.69 Å². The van der Waals surface area contributed by atoms with Gasteiger partial charge in [0.1, 0.15) is 17.6 Å². The minimum absolute atomic E-state index is 0.151. The zero-order valence-electron chi connectivity index (χ0n) is 11.2. The number of rotatable bonds is 3. The summed E-state index contributed by atoms with van der Waals surface area (Å²) in [5.74, 6) is 1.45. The van der Waals surface area contributed by atoms with Gasteiger partial charge in [-0.05, 0) is 26.0 Å². The summed E-state index contributed by atoms with van der Waals surface area (Å²) < 4.78 is 16.9. The van der Waals surface area contributed by atoms with Gasteiger partial charge in [0.25, 0.3) is 0 Å². The standard InChI is InChI=1S/C14H21NO3/c1-9-6-12(7-10(2)17-9)18-14-8-11(16-3)4-5-13(14)15/h4-5,8-10,12H,6-7,15H2,1-3H3. The molecule has 2 rings (SSSR count). The largest absolute Gasteiger partial charge is 0.497 e. The van der Waals surface area contributed by atoms with Crippen LogP contribution in [0.15, 0.2) is 18.2 Å². The molecule has 1 heterocycles. The van der Waals surface area contributed by atoms with E-state index in [0.717, 1.165) is 18.6 Å². The third-order valence-electron chi connectivity index (χ3n) is 3.17. The molecule has 0 radical (unpaired) electrons. The van der Waals surface area contributed by atoms with E-state index in [2.05, 4.69) is 13.8 Å². The van der Waals surface area contributed by atoms with E-state index in [1.54, 1.807) is 13.2 Å². The van der Waals surface area contributed by atoms with Gasteiger partial charge in [0.2, 0.25) is 0 Å². The Kier molecular flexibility index (Phi) is 3.97. The van der Waals surface area contributed by atoms with Gasteiger partial charge >= 0.3 is 0 Å². The van der Waals surface area contributed by atoms with Gasteiger partial charge in [0.15, 0.2) is 0 Å². The minimum atomic E-state index is 0.151. The van der Waals surface area contributed by atoms with Crippen molar-refractivity contribution in [3.63, 3.8) is 0 Å². The summed E-state index contributed by atoms with van der Waals surface area (Å²) in [6.07, 6.45) is 2.39. The van der Waals surface area contributed by atoms with E-state index in [-0.39, 0.29) is 18.3 Å². The van der Waals surface area contributed by atoms with Crippen molar-refractivity contribution in [3.05, 3.63) is 18.2 Å².